The van der Waals surface area contributed by atoms with Crippen molar-refractivity contribution in [3.63, 3.8) is 0 Å². The molecule has 5 heteroatoms. The topological polar surface area (TPSA) is 70.2 Å². The lowest BCUT2D eigenvalue weighted by atomic mass is 9.95. The highest BCUT2D eigenvalue weighted by Crippen LogP contribution is 2.13. The first-order chi connectivity index (χ1) is 11.5. The zero-order chi connectivity index (χ0) is 19.1. The maximum atomic E-state index is 12.2. The minimum Gasteiger partial charge on any atom is -0.352 e. The second kappa shape index (κ2) is 8.99. The van der Waals surface area contributed by atoms with E-state index < -0.39 is 5.41 Å². The van der Waals surface area contributed by atoms with Crippen molar-refractivity contribution >= 4 is 11.8 Å². The summed E-state index contributed by atoms with van der Waals surface area (Å²) in [4.78, 5) is 24.2. The van der Waals surface area contributed by atoms with Crippen LogP contribution < -0.4 is 16.0 Å². The van der Waals surface area contributed by atoms with Gasteiger partial charge in [0.2, 0.25) is 5.91 Å². The molecule has 140 valence electrons. The van der Waals surface area contributed by atoms with E-state index in [4.69, 9.17) is 0 Å². The molecule has 0 bridgehead atoms. The number of benzene rings is 1. The predicted molar refractivity (Wildman–Crippen MR) is 102 cm³/mol. The molecule has 0 radical (unpaired) electrons. The molecule has 1 aromatic rings. The van der Waals surface area contributed by atoms with Crippen molar-refractivity contribution in [2.45, 2.75) is 48.1 Å². The van der Waals surface area contributed by atoms with Gasteiger partial charge in [-0.3, -0.25) is 9.59 Å². The van der Waals surface area contributed by atoms with Gasteiger partial charge in [0, 0.05) is 37.2 Å². The first-order valence-electron chi connectivity index (χ1n) is 8.85. The molecule has 0 aliphatic heterocycles. The molecule has 0 atom stereocenters. The summed E-state index contributed by atoms with van der Waals surface area (Å²) in [7, 11) is 0. The van der Waals surface area contributed by atoms with Crippen molar-refractivity contribution in [3.8, 4) is 0 Å². The van der Waals surface area contributed by atoms with Crippen LogP contribution in [0.5, 0.6) is 0 Å². The van der Waals surface area contributed by atoms with Gasteiger partial charge in [0.1, 0.15) is 0 Å². The van der Waals surface area contributed by atoms with E-state index in [1.807, 2.05) is 39.0 Å². The van der Waals surface area contributed by atoms with E-state index in [1.165, 1.54) is 0 Å². The van der Waals surface area contributed by atoms with Crippen molar-refractivity contribution in [2.24, 2.45) is 10.8 Å². The lowest BCUT2D eigenvalue weighted by Gasteiger charge is -2.19. The summed E-state index contributed by atoms with van der Waals surface area (Å²) >= 11 is 0. The fourth-order valence-electron chi connectivity index (χ4n) is 2.10. The normalized spacial score (nSPS) is 11.9. The molecule has 1 aromatic carbocycles. The average Bonchev–Trinajstić information content (AvgIpc) is 2.50. The van der Waals surface area contributed by atoms with Crippen LogP contribution in [0.1, 0.15) is 57.5 Å². The number of amides is 2. The van der Waals surface area contributed by atoms with Gasteiger partial charge in [-0.05, 0) is 23.1 Å². The molecule has 0 fully saturated rings. The molecule has 25 heavy (non-hydrogen) atoms. The van der Waals surface area contributed by atoms with Gasteiger partial charge in [-0.25, -0.2) is 0 Å². The van der Waals surface area contributed by atoms with E-state index in [9.17, 15) is 9.59 Å². The molecular formula is C20H33N3O2. The summed E-state index contributed by atoms with van der Waals surface area (Å²) < 4.78 is 0. The van der Waals surface area contributed by atoms with E-state index in [1.54, 1.807) is 6.07 Å². The van der Waals surface area contributed by atoms with E-state index in [-0.39, 0.29) is 17.2 Å². The van der Waals surface area contributed by atoms with Crippen LogP contribution in [0.4, 0.5) is 0 Å². The predicted octanol–water partition coefficient (Wildman–Crippen LogP) is 2.71. The fourth-order valence-corrected chi connectivity index (χ4v) is 2.10. The van der Waals surface area contributed by atoms with Gasteiger partial charge >= 0.3 is 0 Å². The third-order valence-corrected chi connectivity index (χ3v) is 3.57. The SMILES string of the molecule is CC(C)(C)CNCCNC(=O)c1cccc(CNC(=O)C(C)(C)C)c1. The molecule has 2 amide bonds. The van der Waals surface area contributed by atoms with Gasteiger partial charge < -0.3 is 16.0 Å². The molecule has 1 rings (SSSR count). The lowest BCUT2D eigenvalue weighted by molar-refractivity contribution is -0.128. The number of carbonyl (C=O) groups excluding carboxylic acids is 2. The van der Waals surface area contributed by atoms with E-state index >= 15 is 0 Å². The van der Waals surface area contributed by atoms with Crippen LogP contribution in [0.3, 0.4) is 0 Å². The van der Waals surface area contributed by atoms with Crippen molar-refractivity contribution in [1.29, 1.82) is 0 Å². The molecule has 0 unspecified atom stereocenters. The number of hydrogen-bond donors (Lipinski definition) is 3. The summed E-state index contributed by atoms with van der Waals surface area (Å²) in [6, 6.07) is 7.35. The highest BCUT2D eigenvalue weighted by molar-refractivity contribution is 5.94. The fraction of sp³-hybridized carbons (Fsp3) is 0.600. The molecule has 5 nitrogen and oxygen atoms in total. The maximum absolute atomic E-state index is 12.2. The van der Waals surface area contributed by atoms with Crippen LogP contribution >= 0.6 is 0 Å². The Balaban J connectivity index is 2.46. The van der Waals surface area contributed by atoms with Crippen LogP contribution in [0.2, 0.25) is 0 Å². The standard InChI is InChI=1S/C20H33N3O2/c1-19(2,3)14-21-10-11-22-17(24)16-9-7-8-15(12-16)13-23-18(25)20(4,5)6/h7-9,12,21H,10-11,13-14H2,1-6H3,(H,22,24)(H,23,25). The summed E-state index contributed by atoms with van der Waals surface area (Å²) in [6.45, 7) is 14.8. The molecule has 0 saturated carbocycles. The zero-order valence-corrected chi connectivity index (χ0v) is 16.5. The highest BCUT2D eigenvalue weighted by atomic mass is 16.2. The summed E-state index contributed by atoms with van der Waals surface area (Å²) in [5.41, 5.74) is 1.33. The van der Waals surface area contributed by atoms with Gasteiger partial charge in [-0.15, -0.1) is 0 Å². The molecule has 0 saturated heterocycles. The second-order valence-electron chi connectivity index (χ2n) is 8.63. The van der Waals surface area contributed by atoms with Gasteiger partial charge in [-0.1, -0.05) is 53.7 Å². The molecule has 0 aliphatic rings. The maximum Gasteiger partial charge on any atom is 0.251 e. The van der Waals surface area contributed by atoms with Crippen molar-refractivity contribution in [3.05, 3.63) is 35.4 Å². The number of carbonyl (C=O) groups is 2. The third-order valence-electron chi connectivity index (χ3n) is 3.57. The van der Waals surface area contributed by atoms with E-state index in [0.29, 0.717) is 18.7 Å². The first-order valence-corrected chi connectivity index (χ1v) is 8.85. The Hall–Kier alpha value is -1.88. The van der Waals surface area contributed by atoms with Gasteiger partial charge in [0.25, 0.3) is 5.91 Å². The Morgan fingerprint density at radius 2 is 1.64 bits per heavy atom. The van der Waals surface area contributed by atoms with E-state index in [0.717, 1.165) is 18.7 Å². The quantitative estimate of drug-likeness (QED) is 0.664. The summed E-state index contributed by atoms with van der Waals surface area (Å²) in [5.74, 6) is -0.103. The number of nitrogens with one attached hydrogen (secondary N) is 3. The molecular weight excluding hydrogens is 314 g/mol. The Bertz CT molecular complexity index is 583. The number of rotatable bonds is 7. The van der Waals surface area contributed by atoms with E-state index in [2.05, 4.69) is 36.7 Å². The lowest BCUT2D eigenvalue weighted by Crippen LogP contribution is -2.35. The molecule has 0 aromatic heterocycles. The van der Waals surface area contributed by atoms with Crippen LogP contribution in [0.25, 0.3) is 0 Å². The van der Waals surface area contributed by atoms with Crippen molar-refractivity contribution in [1.82, 2.24) is 16.0 Å². The minimum atomic E-state index is -0.422. The second-order valence-corrected chi connectivity index (χ2v) is 8.63. The zero-order valence-electron chi connectivity index (χ0n) is 16.5. The van der Waals surface area contributed by atoms with Crippen LogP contribution in [-0.4, -0.2) is 31.4 Å². The Kier molecular flexibility index (Phi) is 7.61. The Labute approximate surface area is 152 Å². The third kappa shape index (κ3) is 8.68. The van der Waals surface area contributed by atoms with Crippen molar-refractivity contribution in [2.75, 3.05) is 19.6 Å². The van der Waals surface area contributed by atoms with Crippen LogP contribution in [0.15, 0.2) is 24.3 Å². The van der Waals surface area contributed by atoms with Gasteiger partial charge in [0.15, 0.2) is 0 Å². The molecule has 0 heterocycles. The molecule has 3 N–H and O–H groups in total. The van der Waals surface area contributed by atoms with Gasteiger partial charge in [0.05, 0.1) is 0 Å². The van der Waals surface area contributed by atoms with Crippen LogP contribution in [-0.2, 0) is 11.3 Å². The highest BCUT2D eigenvalue weighted by Gasteiger charge is 2.20. The minimum absolute atomic E-state index is 0.00715. The van der Waals surface area contributed by atoms with Gasteiger partial charge in [-0.2, -0.15) is 0 Å². The largest absolute Gasteiger partial charge is 0.352 e. The first kappa shape index (κ1) is 21.2. The summed E-state index contributed by atoms with van der Waals surface area (Å²) in [5, 5.41) is 9.14. The molecule has 0 spiro atoms. The summed E-state index contributed by atoms with van der Waals surface area (Å²) in [6.07, 6.45) is 0. The monoisotopic (exact) mass is 347 g/mol. The number of hydrogen-bond acceptors (Lipinski definition) is 3. The Morgan fingerprint density at radius 3 is 2.24 bits per heavy atom. The Morgan fingerprint density at radius 1 is 0.960 bits per heavy atom. The van der Waals surface area contributed by atoms with Crippen LogP contribution in [0, 0.1) is 10.8 Å². The van der Waals surface area contributed by atoms with Crippen molar-refractivity contribution < 1.29 is 9.59 Å². The average molecular weight is 348 g/mol. The molecule has 0 aliphatic carbocycles. The smallest absolute Gasteiger partial charge is 0.251 e.